The van der Waals surface area contributed by atoms with Crippen LogP contribution < -0.4 is 0 Å². The van der Waals surface area contributed by atoms with Crippen LogP contribution in [0.15, 0.2) is 10.2 Å². The molecule has 0 heterocycles. The molecule has 0 aromatic rings. The van der Waals surface area contributed by atoms with Gasteiger partial charge in [0.2, 0.25) is 0 Å². The highest BCUT2D eigenvalue weighted by Gasteiger charge is 1.99. The van der Waals surface area contributed by atoms with E-state index in [4.69, 9.17) is 0 Å². The Balaban J connectivity index is 3.73. The monoisotopic (exact) mass is 160 g/mol. The molecule has 0 rings (SSSR count). The summed E-state index contributed by atoms with van der Waals surface area (Å²) in [7, 11) is 1.13. The quantitative estimate of drug-likeness (QED) is 0.542. The van der Waals surface area contributed by atoms with Crippen LogP contribution in [0.5, 0.6) is 0 Å². The van der Waals surface area contributed by atoms with Crippen LogP contribution in [-0.2, 0) is 9.47 Å². The van der Waals surface area contributed by atoms with Gasteiger partial charge >= 0.3 is 12.2 Å². The van der Waals surface area contributed by atoms with Crippen molar-refractivity contribution in [1.82, 2.24) is 0 Å². The van der Waals surface area contributed by atoms with Crippen molar-refractivity contribution in [3.8, 4) is 0 Å². The zero-order chi connectivity index (χ0) is 8.69. The molecule has 0 saturated carbocycles. The number of carbonyl (C=O) groups is 2. The lowest BCUT2D eigenvalue weighted by atomic mass is 10.9. The first-order valence-corrected chi connectivity index (χ1v) is 2.87. The van der Waals surface area contributed by atoms with Gasteiger partial charge in [0.25, 0.3) is 0 Å². The van der Waals surface area contributed by atoms with Gasteiger partial charge in [0.15, 0.2) is 0 Å². The molecule has 11 heavy (non-hydrogen) atoms. The lowest BCUT2D eigenvalue weighted by molar-refractivity contribution is 0.158. The smallest absolute Gasteiger partial charge is 0.450 e. The van der Waals surface area contributed by atoms with E-state index in [1.54, 1.807) is 6.92 Å². The summed E-state index contributed by atoms with van der Waals surface area (Å²) < 4.78 is 8.40. The molecule has 0 N–H and O–H groups in total. The van der Waals surface area contributed by atoms with Gasteiger partial charge in [0, 0.05) is 0 Å². The predicted molar refractivity (Wildman–Crippen MR) is 34.3 cm³/mol. The Hall–Kier alpha value is -1.46. The normalized spacial score (nSPS) is 9.64. The molecule has 0 unspecified atom stereocenters. The van der Waals surface area contributed by atoms with Crippen molar-refractivity contribution in [2.75, 3.05) is 13.7 Å². The number of methoxy groups -OCH3 is 1. The summed E-state index contributed by atoms with van der Waals surface area (Å²) >= 11 is 0. The average molecular weight is 160 g/mol. The average Bonchev–Trinajstić information content (AvgIpc) is 2.01. The van der Waals surface area contributed by atoms with Crippen molar-refractivity contribution >= 4 is 12.2 Å². The molecule has 6 nitrogen and oxygen atoms in total. The number of hydrogen-bond donors (Lipinski definition) is 0. The Morgan fingerprint density at radius 1 is 1.27 bits per heavy atom. The molecular weight excluding hydrogens is 152 g/mol. The summed E-state index contributed by atoms with van der Waals surface area (Å²) in [4.78, 5) is 20.6. The first-order chi connectivity index (χ1) is 5.20. The molecule has 0 bridgehead atoms. The summed E-state index contributed by atoms with van der Waals surface area (Å²) in [6.07, 6.45) is -1.84. The minimum absolute atomic E-state index is 0.193. The number of hydrogen-bond acceptors (Lipinski definition) is 4. The number of carbonyl (C=O) groups excluding carboxylic acids is 2. The van der Waals surface area contributed by atoms with E-state index in [-0.39, 0.29) is 6.61 Å². The Bertz CT molecular complexity index is 177. The van der Waals surface area contributed by atoms with E-state index >= 15 is 0 Å². The molecule has 0 spiro atoms. The highest BCUT2D eigenvalue weighted by Crippen LogP contribution is 1.87. The van der Waals surface area contributed by atoms with Gasteiger partial charge in [-0.15, -0.1) is 0 Å². The second-order valence-electron chi connectivity index (χ2n) is 1.37. The second kappa shape index (κ2) is 5.33. The van der Waals surface area contributed by atoms with E-state index < -0.39 is 12.2 Å². The van der Waals surface area contributed by atoms with Gasteiger partial charge < -0.3 is 9.47 Å². The third kappa shape index (κ3) is 5.01. The predicted octanol–water partition coefficient (Wildman–Crippen LogP) is 1.36. The first kappa shape index (κ1) is 9.54. The van der Waals surface area contributed by atoms with Gasteiger partial charge in [0.05, 0.1) is 13.7 Å². The summed E-state index contributed by atoms with van der Waals surface area (Å²) in [6.45, 7) is 1.81. The molecule has 0 aromatic heterocycles. The minimum Gasteiger partial charge on any atom is -0.450 e. The van der Waals surface area contributed by atoms with E-state index in [0.29, 0.717) is 0 Å². The second-order valence-corrected chi connectivity index (χ2v) is 1.37. The van der Waals surface area contributed by atoms with Gasteiger partial charge in [-0.2, -0.15) is 0 Å². The molecule has 0 aliphatic rings. The summed E-state index contributed by atoms with van der Waals surface area (Å²) in [6, 6.07) is 0. The molecule has 0 atom stereocenters. The van der Waals surface area contributed by atoms with Crippen molar-refractivity contribution in [3.63, 3.8) is 0 Å². The fourth-order valence-electron chi connectivity index (χ4n) is 0.275. The van der Waals surface area contributed by atoms with E-state index in [0.717, 1.165) is 7.11 Å². The standard InChI is InChI=1S/C5H8N2O4/c1-3-11-5(9)7-6-4(8)10-2/h3H2,1-2H3/b7-6+. The molecule has 0 radical (unpaired) electrons. The maximum absolute atomic E-state index is 10.4. The maximum Gasteiger partial charge on any atom is 0.452 e. The third-order valence-corrected chi connectivity index (χ3v) is 0.656. The molecular formula is C5H8N2O4. The molecule has 0 aliphatic carbocycles. The largest absolute Gasteiger partial charge is 0.452 e. The first-order valence-electron chi connectivity index (χ1n) is 2.87. The summed E-state index contributed by atoms with van der Waals surface area (Å²) in [5, 5.41) is 5.72. The van der Waals surface area contributed by atoms with E-state index in [2.05, 4.69) is 19.7 Å². The van der Waals surface area contributed by atoms with Crippen LogP contribution in [0.1, 0.15) is 6.92 Å². The van der Waals surface area contributed by atoms with Crippen LogP contribution in [0.25, 0.3) is 0 Å². The van der Waals surface area contributed by atoms with Crippen molar-refractivity contribution in [3.05, 3.63) is 0 Å². The molecule has 0 aliphatic heterocycles. The fraction of sp³-hybridized carbons (Fsp3) is 0.600. The highest BCUT2D eigenvalue weighted by atomic mass is 16.6. The van der Waals surface area contributed by atoms with Crippen LogP contribution in [0.3, 0.4) is 0 Å². The minimum atomic E-state index is -0.932. The Labute approximate surface area is 63.2 Å². The van der Waals surface area contributed by atoms with Crippen molar-refractivity contribution < 1.29 is 19.1 Å². The van der Waals surface area contributed by atoms with Crippen molar-refractivity contribution in [2.24, 2.45) is 10.2 Å². The maximum atomic E-state index is 10.4. The number of ether oxygens (including phenoxy) is 2. The van der Waals surface area contributed by atoms with Crippen LogP contribution in [0.2, 0.25) is 0 Å². The SMILES string of the molecule is CCOC(=O)/N=N/C(=O)OC. The molecule has 2 amide bonds. The zero-order valence-electron chi connectivity index (χ0n) is 6.23. The lowest BCUT2D eigenvalue weighted by Crippen LogP contribution is -1.98. The Morgan fingerprint density at radius 2 is 1.82 bits per heavy atom. The van der Waals surface area contributed by atoms with Crippen molar-refractivity contribution in [2.45, 2.75) is 6.92 Å². The van der Waals surface area contributed by atoms with Crippen LogP contribution in [0, 0.1) is 0 Å². The molecule has 0 aromatic carbocycles. The number of rotatable bonds is 1. The molecule has 0 fully saturated rings. The van der Waals surface area contributed by atoms with Gasteiger partial charge in [-0.05, 0) is 6.92 Å². The number of azo groups is 1. The summed E-state index contributed by atoms with van der Waals surface area (Å²) in [5.74, 6) is 0. The topological polar surface area (TPSA) is 77.3 Å². The van der Waals surface area contributed by atoms with Gasteiger partial charge in [0.1, 0.15) is 0 Å². The fourth-order valence-corrected chi connectivity index (χ4v) is 0.275. The lowest BCUT2D eigenvalue weighted by Gasteiger charge is -1.91. The van der Waals surface area contributed by atoms with E-state index in [1.165, 1.54) is 0 Å². The van der Waals surface area contributed by atoms with Gasteiger partial charge in [-0.1, -0.05) is 10.2 Å². The van der Waals surface area contributed by atoms with Crippen LogP contribution >= 0.6 is 0 Å². The highest BCUT2D eigenvalue weighted by molar-refractivity contribution is 5.72. The van der Waals surface area contributed by atoms with Crippen molar-refractivity contribution in [1.29, 1.82) is 0 Å². The number of nitrogens with zero attached hydrogens (tertiary/aromatic N) is 2. The van der Waals surface area contributed by atoms with Gasteiger partial charge in [-0.3, -0.25) is 0 Å². The summed E-state index contributed by atoms with van der Waals surface area (Å²) in [5.41, 5.74) is 0. The van der Waals surface area contributed by atoms with Crippen LogP contribution in [-0.4, -0.2) is 25.9 Å². The Kier molecular flexibility index (Phi) is 4.63. The van der Waals surface area contributed by atoms with E-state index in [1.807, 2.05) is 0 Å². The van der Waals surface area contributed by atoms with Crippen LogP contribution in [0.4, 0.5) is 9.59 Å². The Morgan fingerprint density at radius 3 is 2.27 bits per heavy atom. The molecule has 62 valence electrons. The molecule has 0 saturated heterocycles. The zero-order valence-corrected chi connectivity index (χ0v) is 6.23. The molecule has 6 heteroatoms. The van der Waals surface area contributed by atoms with E-state index in [9.17, 15) is 9.59 Å². The van der Waals surface area contributed by atoms with Gasteiger partial charge in [-0.25, -0.2) is 9.59 Å². The third-order valence-electron chi connectivity index (χ3n) is 0.656. The number of amides is 2.